The fraction of sp³-hybridized carbons (Fsp3) is 0.500. The summed E-state index contributed by atoms with van der Waals surface area (Å²) >= 11 is 0. The van der Waals surface area contributed by atoms with Gasteiger partial charge in [0, 0.05) is 19.2 Å². The average molecular weight is 403 g/mol. The molecular weight excluding hydrogens is 381 g/mol. The highest BCUT2D eigenvalue weighted by atomic mass is 127. The van der Waals surface area contributed by atoms with Gasteiger partial charge in [-0.2, -0.15) is 0 Å². The summed E-state index contributed by atoms with van der Waals surface area (Å²) in [6, 6.07) is 4.11. The number of carbonyl (C=O) groups is 1. The van der Waals surface area contributed by atoms with Crippen molar-refractivity contribution < 1.29 is 4.79 Å². The number of aromatic nitrogens is 1. The van der Waals surface area contributed by atoms with Crippen LogP contribution in [0.5, 0.6) is 0 Å². The molecule has 0 radical (unpaired) electrons. The molecule has 6 nitrogen and oxygen atoms in total. The number of halogens is 1. The van der Waals surface area contributed by atoms with Crippen LogP contribution in [0.3, 0.4) is 0 Å². The Bertz CT molecular complexity index is 483. The van der Waals surface area contributed by atoms with E-state index in [-0.39, 0.29) is 29.9 Å². The first-order valence-corrected chi connectivity index (χ1v) is 6.92. The Kier molecular flexibility index (Phi) is 7.41. The summed E-state index contributed by atoms with van der Waals surface area (Å²) in [5.41, 5.74) is 6.81. The number of nitrogens with one attached hydrogen (secondary N) is 2. The van der Waals surface area contributed by atoms with E-state index in [0.717, 1.165) is 5.56 Å². The van der Waals surface area contributed by atoms with E-state index in [2.05, 4.69) is 20.6 Å². The number of rotatable bonds is 4. The Hall–Kier alpha value is -1.38. The Morgan fingerprint density at radius 1 is 1.43 bits per heavy atom. The maximum atomic E-state index is 10.9. The van der Waals surface area contributed by atoms with Crippen LogP contribution in [0.2, 0.25) is 0 Å². The maximum absolute atomic E-state index is 10.9. The number of nitrogens with zero attached hydrogens (tertiary/aromatic N) is 2. The van der Waals surface area contributed by atoms with Crippen molar-refractivity contribution in [3.63, 3.8) is 0 Å². The third-order valence-electron chi connectivity index (χ3n) is 3.27. The summed E-state index contributed by atoms with van der Waals surface area (Å²) < 4.78 is 0. The molecule has 1 aliphatic carbocycles. The van der Waals surface area contributed by atoms with Gasteiger partial charge in [-0.3, -0.25) is 4.79 Å². The van der Waals surface area contributed by atoms with Gasteiger partial charge in [0.05, 0.1) is 6.54 Å². The van der Waals surface area contributed by atoms with Crippen molar-refractivity contribution in [2.75, 3.05) is 5.32 Å². The zero-order chi connectivity index (χ0) is 14.4. The molecule has 0 atom stereocenters. The first kappa shape index (κ1) is 17.7. The highest BCUT2D eigenvalue weighted by Crippen LogP contribution is 2.17. The van der Waals surface area contributed by atoms with E-state index in [1.807, 2.05) is 6.07 Å². The Balaban J connectivity index is 0.00000220. The molecule has 0 spiro atoms. The van der Waals surface area contributed by atoms with Crippen molar-refractivity contribution in [1.29, 1.82) is 0 Å². The lowest BCUT2D eigenvalue weighted by molar-refractivity contribution is -0.114. The molecule has 0 aromatic carbocycles. The van der Waals surface area contributed by atoms with E-state index < -0.39 is 0 Å². The Morgan fingerprint density at radius 3 is 2.71 bits per heavy atom. The topological polar surface area (TPSA) is 92.4 Å². The molecule has 1 amide bonds. The molecule has 1 aromatic rings. The summed E-state index contributed by atoms with van der Waals surface area (Å²) in [5, 5.41) is 5.86. The van der Waals surface area contributed by atoms with E-state index >= 15 is 0 Å². The first-order valence-electron chi connectivity index (χ1n) is 6.92. The van der Waals surface area contributed by atoms with Gasteiger partial charge in [0.2, 0.25) is 5.91 Å². The van der Waals surface area contributed by atoms with Gasteiger partial charge in [-0.15, -0.1) is 24.0 Å². The number of anilines is 1. The quantitative estimate of drug-likeness (QED) is 0.408. The van der Waals surface area contributed by atoms with Gasteiger partial charge in [-0.05, 0) is 24.5 Å². The number of pyridine rings is 1. The molecule has 1 fully saturated rings. The standard InChI is InChI=1S/C14H21N5O.HI/c1-10(20)18-13-7-6-11(8-16-13)9-17-14(15)19-12-4-2-3-5-12;/h6-8,12H,2-5,9H2,1H3,(H3,15,17,19)(H,16,18,20);1H. The summed E-state index contributed by atoms with van der Waals surface area (Å²) in [6.45, 7) is 1.94. The molecule has 1 aromatic heterocycles. The zero-order valence-electron chi connectivity index (χ0n) is 12.1. The lowest BCUT2D eigenvalue weighted by atomic mass is 10.2. The van der Waals surface area contributed by atoms with Gasteiger partial charge >= 0.3 is 0 Å². The molecule has 7 heteroatoms. The second-order valence-corrected chi connectivity index (χ2v) is 5.06. The van der Waals surface area contributed by atoms with Crippen molar-refractivity contribution in [1.82, 2.24) is 10.3 Å². The van der Waals surface area contributed by atoms with E-state index in [4.69, 9.17) is 5.73 Å². The van der Waals surface area contributed by atoms with Gasteiger partial charge in [-0.1, -0.05) is 18.9 Å². The minimum atomic E-state index is -0.131. The summed E-state index contributed by atoms with van der Waals surface area (Å²) in [4.78, 5) is 19.3. The van der Waals surface area contributed by atoms with E-state index in [9.17, 15) is 4.79 Å². The van der Waals surface area contributed by atoms with Crippen molar-refractivity contribution in [2.24, 2.45) is 10.7 Å². The van der Waals surface area contributed by atoms with Crippen LogP contribution in [0.1, 0.15) is 38.2 Å². The number of nitrogens with two attached hydrogens (primary N) is 1. The molecule has 0 unspecified atom stereocenters. The summed E-state index contributed by atoms with van der Waals surface area (Å²) in [6.07, 6.45) is 6.56. The van der Waals surface area contributed by atoms with Crippen molar-refractivity contribution in [2.45, 2.75) is 45.2 Å². The molecule has 4 N–H and O–H groups in total. The Labute approximate surface area is 142 Å². The minimum Gasteiger partial charge on any atom is -0.370 e. The van der Waals surface area contributed by atoms with E-state index in [1.54, 1.807) is 12.3 Å². The smallest absolute Gasteiger partial charge is 0.222 e. The van der Waals surface area contributed by atoms with Crippen LogP contribution in [0.25, 0.3) is 0 Å². The van der Waals surface area contributed by atoms with Gasteiger partial charge in [0.15, 0.2) is 5.96 Å². The van der Waals surface area contributed by atoms with Crippen LogP contribution in [0.15, 0.2) is 23.3 Å². The van der Waals surface area contributed by atoms with Gasteiger partial charge in [0.25, 0.3) is 0 Å². The highest BCUT2D eigenvalue weighted by Gasteiger charge is 2.14. The molecule has 0 aliphatic heterocycles. The normalized spacial score (nSPS) is 15.4. The number of hydrogen-bond donors (Lipinski definition) is 3. The highest BCUT2D eigenvalue weighted by molar-refractivity contribution is 14.0. The molecule has 2 rings (SSSR count). The number of guanidine groups is 1. The summed E-state index contributed by atoms with van der Waals surface area (Å²) in [7, 11) is 0. The van der Waals surface area contributed by atoms with Crippen LogP contribution in [0, 0.1) is 0 Å². The SMILES string of the molecule is CC(=O)Nc1ccc(CN=C(N)NC2CCCC2)cn1.I. The lowest BCUT2D eigenvalue weighted by Gasteiger charge is -2.12. The molecule has 1 saturated carbocycles. The van der Waals surface area contributed by atoms with Crippen LogP contribution in [-0.4, -0.2) is 22.9 Å². The number of amides is 1. The molecule has 21 heavy (non-hydrogen) atoms. The van der Waals surface area contributed by atoms with Crippen molar-refractivity contribution >= 4 is 41.7 Å². The lowest BCUT2D eigenvalue weighted by Crippen LogP contribution is -2.38. The molecule has 1 aliphatic rings. The zero-order valence-corrected chi connectivity index (χ0v) is 14.5. The minimum absolute atomic E-state index is 0. The number of carbonyl (C=O) groups excluding carboxylic acids is 1. The van der Waals surface area contributed by atoms with Crippen molar-refractivity contribution in [3.8, 4) is 0 Å². The third kappa shape index (κ3) is 6.28. The predicted molar refractivity (Wildman–Crippen MR) is 94.7 cm³/mol. The van der Waals surface area contributed by atoms with Crippen LogP contribution in [-0.2, 0) is 11.3 Å². The number of hydrogen-bond acceptors (Lipinski definition) is 3. The molecule has 0 bridgehead atoms. The second-order valence-electron chi connectivity index (χ2n) is 5.06. The summed E-state index contributed by atoms with van der Waals surface area (Å²) in [5.74, 6) is 0.901. The Morgan fingerprint density at radius 2 is 2.14 bits per heavy atom. The number of aliphatic imine (C=N–C) groups is 1. The fourth-order valence-corrected chi connectivity index (χ4v) is 2.27. The van der Waals surface area contributed by atoms with E-state index in [0.29, 0.717) is 24.4 Å². The molecule has 1 heterocycles. The predicted octanol–water partition coefficient (Wildman–Crippen LogP) is 2.00. The van der Waals surface area contributed by atoms with E-state index in [1.165, 1.54) is 32.6 Å². The van der Waals surface area contributed by atoms with Crippen LogP contribution < -0.4 is 16.4 Å². The van der Waals surface area contributed by atoms with Gasteiger partial charge < -0.3 is 16.4 Å². The largest absolute Gasteiger partial charge is 0.370 e. The first-order chi connectivity index (χ1) is 9.63. The molecular formula is C14H22IN5O. The van der Waals surface area contributed by atoms with Crippen molar-refractivity contribution in [3.05, 3.63) is 23.9 Å². The fourth-order valence-electron chi connectivity index (χ4n) is 2.27. The van der Waals surface area contributed by atoms with Crippen LogP contribution >= 0.6 is 24.0 Å². The maximum Gasteiger partial charge on any atom is 0.222 e. The third-order valence-corrected chi connectivity index (χ3v) is 3.27. The molecule has 0 saturated heterocycles. The average Bonchev–Trinajstić information content (AvgIpc) is 2.90. The van der Waals surface area contributed by atoms with Gasteiger partial charge in [-0.25, -0.2) is 9.98 Å². The van der Waals surface area contributed by atoms with Crippen LogP contribution in [0.4, 0.5) is 5.82 Å². The molecule has 116 valence electrons. The monoisotopic (exact) mass is 403 g/mol. The second kappa shape index (κ2) is 8.81. The van der Waals surface area contributed by atoms with Gasteiger partial charge in [0.1, 0.15) is 5.82 Å².